The van der Waals surface area contributed by atoms with Crippen molar-refractivity contribution >= 4 is 35.8 Å². The maximum Gasteiger partial charge on any atom is 0.332 e. The monoisotopic (exact) mass is 1160 g/mol. The van der Waals surface area contributed by atoms with E-state index in [0.717, 1.165) is 75.0 Å². The first-order valence-electron chi connectivity index (χ1n) is 29.2. The lowest BCUT2D eigenvalue weighted by molar-refractivity contribution is -0.214. The zero-order valence-electron chi connectivity index (χ0n) is 48.5. The third kappa shape index (κ3) is 21.9. The summed E-state index contributed by atoms with van der Waals surface area (Å²) in [7, 11) is 0. The van der Waals surface area contributed by atoms with Crippen LogP contribution in [0.5, 0.6) is 0 Å². The van der Waals surface area contributed by atoms with Gasteiger partial charge in [-0.25, -0.2) is 14.4 Å². The summed E-state index contributed by atoms with van der Waals surface area (Å²) in [5.74, 6) is 3.88. The molecule has 9 rings (SSSR count). The molecular formula is C66H124O15. The van der Waals surface area contributed by atoms with Crippen molar-refractivity contribution in [1.82, 2.24) is 0 Å². The number of hydrogen-bond donors (Lipinski definition) is 0. The lowest BCUT2D eigenvalue weighted by Crippen LogP contribution is -2.59. The van der Waals surface area contributed by atoms with Gasteiger partial charge in [0.1, 0.15) is 56.4 Å². The molecule has 0 atom stereocenters. The van der Waals surface area contributed by atoms with Gasteiger partial charge in [-0.05, 0) is 218 Å². The molecule has 0 radical (unpaired) electrons. The van der Waals surface area contributed by atoms with Gasteiger partial charge in [0.25, 0.3) is 0 Å². The Balaban J connectivity index is 0. The molecule has 15 nitrogen and oxygen atoms in total. The van der Waals surface area contributed by atoms with E-state index in [1.165, 1.54) is 70.6 Å². The molecule has 0 aliphatic heterocycles. The average molecular weight is 1160 g/mol. The van der Waals surface area contributed by atoms with Crippen molar-refractivity contribution in [2.24, 2.45) is 63.6 Å². The van der Waals surface area contributed by atoms with Gasteiger partial charge < -0.3 is 42.6 Å². The Hall–Kier alpha value is -3.30. The van der Waals surface area contributed by atoms with Crippen LogP contribution in [0, 0.1) is 63.6 Å². The summed E-state index contributed by atoms with van der Waals surface area (Å²) in [4.78, 5) is 72.0. The van der Waals surface area contributed by atoms with Gasteiger partial charge in [0.05, 0.1) is 36.1 Å². The van der Waals surface area contributed by atoms with E-state index < -0.39 is 16.2 Å². The summed E-state index contributed by atoms with van der Waals surface area (Å²) in [5, 5.41) is 0. The van der Waals surface area contributed by atoms with E-state index in [1.54, 1.807) is 0 Å². The van der Waals surface area contributed by atoms with Crippen LogP contribution in [0.3, 0.4) is 0 Å². The number of esters is 6. The molecule has 0 aromatic rings. The predicted molar refractivity (Wildman–Crippen MR) is 323 cm³/mol. The van der Waals surface area contributed by atoms with E-state index >= 15 is 0 Å². The molecule has 0 heterocycles. The van der Waals surface area contributed by atoms with E-state index in [1.807, 2.05) is 69.2 Å². The molecule has 9 saturated carbocycles. The highest BCUT2D eigenvalue weighted by atomic mass is 16.6. The van der Waals surface area contributed by atoms with E-state index in [9.17, 15) is 28.8 Å². The van der Waals surface area contributed by atoms with E-state index in [4.69, 9.17) is 42.6 Å². The second-order valence-corrected chi connectivity index (χ2v) is 25.8. The summed E-state index contributed by atoms with van der Waals surface area (Å²) < 4.78 is 49.1. The molecule has 0 aromatic carbocycles. The van der Waals surface area contributed by atoms with Crippen molar-refractivity contribution in [3.63, 3.8) is 0 Å². The normalized spacial score (nSPS) is 27.7. The summed E-state index contributed by atoms with van der Waals surface area (Å²) in [6.45, 7) is 24.2. The topological polar surface area (TPSA) is 185 Å². The van der Waals surface area contributed by atoms with Crippen molar-refractivity contribution in [2.45, 2.75) is 266 Å². The van der Waals surface area contributed by atoms with Gasteiger partial charge in [0, 0.05) is 0 Å². The molecule has 8 bridgehead atoms. The van der Waals surface area contributed by atoms with Gasteiger partial charge in [-0.3, -0.25) is 14.4 Å². The first-order valence-corrected chi connectivity index (χ1v) is 29.2. The SMILES string of the molecule is C.C.C.C.C.C.CCC(C)(C)C(=O)OCCOCC(=O)OC1(C)C2CC3CC(C2)CC1C3.CCC(C)(C)C(=O)OCCOCC(=O)OC1(C)CCCCC1.CCC(C)(C)C(=O)OCCOCC(=O)OC1(CC)C2CC3CC(C2)CC1C3. The molecule has 0 unspecified atom stereocenters. The van der Waals surface area contributed by atoms with Crippen LogP contribution in [0.25, 0.3) is 0 Å². The fourth-order valence-electron chi connectivity index (χ4n) is 13.4. The van der Waals surface area contributed by atoms with Crippen molar-refractivity contribution in [3.8, 4) is 0 Å². The van der Waals surface area contributed by atoms with Crippen LogP contribution < -0.4 is 0 Å². The maximum absolute atomic E-state index is 12.4. The van der Waals surface area contributed by atoms with Crippen molar-refractivity contribution in [1.29, 1.82) is 0 Å². The minimum atomic E-state index is -0.480. The summed E-state index contributed by atoms with van der Waals surface area (Å²) in [6.07, 6.45) is 20.8. The van der Waals surface area contributed by atoms with Gasteiger partial charge in [-0.1, -0.05) is 78.7 Å². The van der Waals surface area contributed by atoms with Crippen molar-refractivity contribution in [2.75, 3.05) is 59.5 Å². The minimum Gasteiger partial charge on any atom is -0.463 e. The molecule has 0 N–H and O–H groups in total. The van der Waals surface area contributed by atoms with E-state index in [-0.39, 0.29) is 157 Å². The lowest BCUT2D eigenvalue weighted by atomic mass is 9.49. The first-order chi connectivity index (χ1) is 35.3. The minimum absolute atomic E-state index is 0. The predicted octanol–water partition coefficient (Wildman–Crippen LogP) is 14.9. The van der Waals surface area contributed by atoms with Crippen molar-refractivity contribution in [3.05, 3.63) is 0 Å². The van der Waals surface area contributed by atoms with E-state index in [2.05, 4.69) is 13.8 Å². The third-order valence-electron chi connectivity index (χ3n) is 19.1. The fourth-order valence-corrected chi connectivity index (χ4v) is 13.4. The van der Waals surface area contributed by atoms with Gasteiger partial charge in [0.15, 0.2) is 0 Å². The van der Waals surface area contributed by atoms with Gasteiger partial charge in [-0.2, -0.15) is 0 Å². The largest absolute Gasteiger partial charge is 0.463 e. The molecule has 9 aliphatic rings. The third-order valence-corrected chi connectivity index (χ3v) is 19.1. The van der Waals surface area contributed by atoms with Gasteiger partial charge in [-0.15, -0.1) is 0 Å². The molecule has 478 valence electrons. The van der Waals surface area contributed by atoms with Crippen LogP contribution in [0.15, 0.2) is 0 Å². The van der Waals surface area contributed by atoms with Gasteiger partial charge >= 0.3 is 35.8 Å². The standard InChI is InChI=1S/C22H36O5.C21H34O5.C17H30O5.6CH4/c1-5-21(3,4)20(24)26-8-7-25-14-19(23)27-22(6-2)17-10-15-9-16(12-17)13-18(22)11-15;1-5-20(2,3)19(23)25-7-6-24-13-18(22)26-21(4)16-9-14-8-15(11-16)12-17(21)10-14;1-5-16(2,3)15(19)21-12-11-20-13-14(18)22-17(4)9-7-6-8-10-17;;;;;;/h15-18H,5-14H2,1-4H3;14-17H,5-13H2,1-4H3;5-13H2,1-4H3;6*1H4. The number of carbonyl (C=O) groups excluding carboxylic acids is 6. The Labute approximate surface area is 494 Å². The molecule has 15 heteroatoms. The van der Waals surface area contributed by atoms with Crippen LogP contribution in [-0.2, 0) is 71.4 Å². The quantitative estimate of drug-likeness (QED) is 0.0477. The van der Waals surface area contributed by atoms with Crippen molar-refractivity contribution < 1.29 is 71.4 Å². The highest BCUT2D eigenvalue weighted by Crippen LogP contribution is 2.61. The summed E-state index contributed by atoms with van der Waals surface area (Å²) >= 11 is 0. The average Bonchev–Trinajstić information content (AvgIpc) is 3.36. The molecule has 81 heavy (non-hydrogen) atoms. The highest BCUT2D eigenvalue weighted by molar-refractivity contribution is 5.77. The molecule has 9 fully saturated rings. The maximum atomic E-state index is 12.4. The second-order valence-electron chi connectivity index (χ2n) is 25.8. The molecule has 0 amide bonds. The lowest BCUT2D eigenvalue weighted by Gasteiger charge is -2.60. The molecule has 0 saturated heterocycles. The fraction of sp³-hybridized carbons (Fsp3) is 0.909. The Morgan fingerprint density at radius 2 is 0.691 bits per heavy atom. The Kier molecular flexibility index (Phi) is 34.7. The Morgan fingerprint density at radius 1 is 0.395 bits per heavy atom. The molecule has 9 aliphatic carbocycles. The highest BCUT2D eigenvalue weighted by Gasteiger charge is 2.59. The zero-order valence-corrected chi connectivity index (χ0v) is 48.5. The van der Waals surface area contributed by atoms with Crippen LogP contribution in [0.2, 0.25) is 0 Å². The Morgan fingerprint density at radius 3 is 1.00 bits per heavy atom. The smallest absolute Gasteiger partial charge is 0.332 e. The Bertz CT molecular complexity index is 1820. The number of rotatable bonds is 25. The molecule has 0 spiro atoms. The van der Waals surface area contributed by atoms with Crippen LogP contribution >= 0.6 is 0 Å². The van der Waals surface area contributed by atoms with Crippen LogP contribution in [-0.4, -0.2) is 112 Å². The number of carbonyl (C=O) groups is 6. The van der Waals surface area contributed by atoms with Crippen LogP contribution in [0.1, 0.15) is 250 Å². The van der Waals surface area contributed by atoms with E-state index in [0.29, 0.717) is 23.7 Å². The summed E-state index contributed by atoms with van der Waals surface area (Å²) in [5.41, 5.74) is -2.36. The number of ether oxygens (including phenoxy) is 9. The zero-order chi connectivity index (χ0) is 55.2. The molecule has 0 aromatic heterocycles. The first kappa shape index (κ1) is 79.8. The number of hydrogen-bond acceptors (Lipinski definition) is 15. The molecular weight excluding hydrogens is 1030 g/mol. The summed E-state index contributed by atoms with van der Waals surface area (Å²) in [6, 6.07) is 0. The van der Waals surface area contributed by atoms with Gasteiger partial charge in [0.2, 0.25) is 0 Å². The van der Waals surface area contributed by atoms with Crippen LogP contribution in [0.4, 0.5) is 0 Å². The second kappa shape index (κ2) is 35.2.